The molecule has 32 heavy (non-hydrogen) atoms. The molecule has 1 saturated carbocycles. The number of rotatable bonds is 3. The average molecular weight is 477 g/mol. The van der Waals surface area contributed by atoms with Gasteiger partial charge in [-0.3, -0.25) is 0 Å². The van der Waals surface area contributed by atoms with Gasteiger partial charge >= 0.3 is 0 Å². The van der Waals surface area contributed by atoms with E-state index < -0.39 is 0 Å². The van der Waals surface area contributed by atoms with E-state index in [9.17, 15) is 0 Å². The average Bonchev–Trinajstić information content (AvgIpc) is 2.85. The van der Waals surface area contributed by atoms with E-state index in [0.29, 0.717) is 5.41 Å². The van der Waals surface area contributed by atoms with Crippen molar-refractivity contribution in [2.24, 2.45) is 5.92 Å². The fourth-order valence-corrected chi connectivity index (χ4v) is 4.44. The molecule has 1 aliphatic rings. The Hall–Kier alpha value is -0.700. The zero-order valence-electron chi connectivity index (χ0n) is 23.2. The van der Waals surface area contributed by atoms with Crippen molar-refractivity contribution in [2.75, 3.05) is 13.3 Å². The topological polar surface area (TPSA) is 0 Å². The Kier molecular flexibility index (Phi) is 18.5. The summed E-state index contributed by atoms with van der Waals surface area (Å²) in [6.45, 7) is 23.5. The van der Waals surface area contributed by atoms with Gasteiger partial charge in [-0.1, -0.05) is 121 Å². The van der Waals surface area contributed by atoms with Gasteiger partial charge in [-0.15, -0.1) is 18.5 Å². The van der Waals surface area contributed by atoms with Crippen molar-refractivity contribution in [3.8, 4) is 0 Å². The number of aryl methyl sites for hydroxylation is 2. The maximum atomic E-state index is 2.47. The van der Waals surface area contributed by atoms with Crippen molar-refractivity contribution in [3.63, 3.8) is 0 Å². The first-order valence-electron chi connectivity index (χ1n) is 12.6. The van der Waals surface area contributed by atoms with Crippen molar-refractivity contribution in [3.05, 3.63) is 70.8 Å². The summed E-state index contributed by atoms with van der Waals surface area (Å²) in [6, 6.07) is 18.4. The zero-order chi connectivity index (χ0) is 25.4. The molecule has 2 heteroatoms. The van der Waals surface area contributed by atoms with E-state index in [-0.39, 0.29) is 5.41 Å². The largest absolute Gasteiger partial charge is 0.141 e. The first-order chi connectivity index (χ1) is 15.3. The molecule has 3 rings (SSSR count). The van der Waals surface area contributed by atoms with E-state index in [1.165, 1.54) is 47.9 Å². The summed E-state index contributed by atoms with van der Waals surface area (Å²) >= 11 is 0. The molecule has 2 aromatic rings. The number of hydrogen-bond donors (Lipinski definition) is 0. The van der Waals surface area contributed by atoms with Crippen LogP contribution in [0.3, 0.4) is 0 Å². The summed E-state index contributed by atoms with van der Waals surface area (Å²) in [7, 11) is 4.83. The van der Waals surface area contributed by atoms with Gasteiger partial charge in [-0.05, 0) is 67.4 Å². The minimum absolute atomic E-state index is 0.266. The number of hydrogen-bond acceptors (Lipinski definition) is 0. The van der Waals surface area contributed by atoms with Crippen molar-refractivity contribution in [2.45, 2.75) is 98.8 Å². The van der Waals surface area contributed by atoms with Gasteiger partial charge in [-0.25, -0.2) is 0 Å². The van der Waals surface area contributed by atoms with Gasteiger partial charge < -0.3 is 0 Å². The Morgan fingerprint density at radius 3 is 1.41 bits per heavy atom. The van der Waals surface area contributed by atoms with Gasteiger partial charge in [0.25, 0.3) is 0 Å². The molecule has 1 aliphatic carbocycles. The third-order valence-corrected chi connectivity index (χ3v) is 6.65. The molecule has 0 radical (unpaired) electrons. The Morgan fingerprint density at radius 2 is 1.03 bits per heavy atom. The van der Waals surface area contributed by atoms with Crippen LogP contribution in [0.5, 0.6) is 0 Å². The van der Waals surface area contributed by atoms with Crippen LogP contribution in [-0.4, -0.2) is 13.3 Å². The zero-order valence-corrected chi connectivity index (χ0v) is 25.5. The van der Waals surface area contributed by atoms with E-state index in [1.54, 1.807) is 0 Å². The third kappa shape index (κ3) is 9.65. The van der Waals surface area contributed by atoms with Crippen LogP contribution in [0.4, 0.5) is 0 Å². The maximum absolute atomic E-state index is 2.47. The standard InChI is InChI=1S/C24H32.2C2H6.2CH5P/c1-18-6-10-20(11-7-18)23(3,4)21-14-16-24(5,17-15-21)22-12-8-19(2)9-13-22;4*1-2/h6-13,21H,14-17H2,1-5H3;2*1-2H3;2*2H2,1H3. The van der Waals surface area contributed by atoms with Crippen molar-refractivity contribution in [1.82, 2.24) is 0 Å². The highest BCUT2D eigenvalue weighted by Gasteiger charge is 2.39. The molecule has 2 unspecified atom stereocenters. The second kappa shape index (κ2) is 17.7. The molecule has 0 nitrogen and oxygen atoms in total. The van der Waals surface area contributed by atoms with Crippen LogP contribution in [0, 0.1) is 19.8 Å². The van der Waals surface area contributed by atoms with Gasteiger partial charge in [0, 0.05) is 0 Å². The summed E-state index contributed by atoms with van der Waals surface area (Å²) in [4.78, 5) is 0. The molecule has 0 N–H and O–H groups in total. The molecule has 1 fully saturated rings. The molecule has 0 spiro atoms. The lowest BCUT2D eigenvalue weighted by Crippen LogP contribution is -2.36. The van der Waals surface area contributed by atoms with Gasteiger partial charge in [0.15, 0.2) is 0 Å². The summed E-state index contributed by atoms with van der Waals surface area (Å²) in [6.07, 6.45) is 5.25. The predicted octanol–water partition coefficient (Wildman–Crippen LogP) is 9.76. The molecule has 0 saturated heterocycles. The highest BCUT2D eigenvalue weighted by Crippen LogP contribution is 2.47. The van der Waals surface area contributed by atoms with E-state index in [0.717, 1.165) is 5.92 Å². The van der Waals surface area contributed by atoms with Crippen molar-refractivity contribution < 1.29 is 0 Å². The summed E-state index contributed by atoms with van der Waals surface area (Å²) in [5.41, 5.74) is 6.36. The normalized spacial score (nSPS) is 19.3. The van der Waals surface area contributed by atoms with Crippen LogP contribution in [0.15, 0.2) is 48.5 Å². The van der Waals surface area contributed by atoms with Crippen LogP contribution in [0.25, 0.3) is 0 Å². The molecule has 0 bridgehead atoms. The lowest BCUT2D eigenvalue weighted by molar-refractivity contribution is 0.178. The number of benzene rings is 2. The second-order valence-corrected chi connectivity index (χ2v) is 8.79. The lowest BCUT2D eigenvalue weighted by Gasteiger charge is -2.44. The van der Waals surface area contributed by atoms with Gasteiger partial charge in [0.05, 0.1) is 0 Å². The van der Waals surface area contributed by atoms with Gasteiger partial charge in [-0.2, -0.15) is 0 Å². The van der Waals surface area contributed by atoms with E-state index in [2.05, 4.69) is 102 Å². The third-order valence-electron chi connectivity index (χ3n) is 6.65. The Bertz CT molecular complexity index is 676. The molecule has 2 aromatic carbocycles. The summed E-state index contributed by atoms with van der Waals surface area (Å²) < 4.78 is 0. The van der Waals surface area contributed by atoms with E-state index >= 15 is 0 Å². The minimum atomic E-state index is 0.266. The molecule has 0 aromatic heterocycles. The SMILES string of the molecule is CC.CC.CP.CP.Cc1ccc(C2(C)CCC(C(C)(C)c3ccc(C)cc3)CC2)cc1. The molecule has 2 atom stereocenters. The van der Waals surface area contributed by atoms with Crippen LogP contribution in [-0.2, 0) is 10.8 Å². The summed E-state index contributed by atoms with van der Waals surface area (Å²) in [5.74, 6) is 0.777. The van der Waals surface area contributed by atoms with Crippen molar-refractivity contribution in [1.29, 1.82) is 0 Å². The molecule has 0 heterocycles. The van der Waals surface area contributed by atoms with Crippen molar-refractivity contribution >= 4 is 18.5 Å². The summed E-state index contributed by atoms with van der Waals surface area (Å²) in [5, 5.41) is 0. The molecule has 0 aliphatic heterocycles. The first kappa shape index (κ1) is 33.5. The monoisotopic (exact) mass is 476 g/mol. The van der Waals surface area contributed by atoms with Crippen LogP contribution < -0.4 is 0 Å². The van der Waals surface area contributed by atoms with Crippen LogP contribution in [0.1, 0.15) is 96.4 Å². The van der Waals surface area contributed by atoms with Gasteiger partial charge in [0.1, 0.15) is 0 Å². The predicted molar refractivity (Wildman–Crippen MR) is 159 cm³/mol. The van der Waals surface area contributed by atoms with E-state index in [1.807, 2.05) is 41.0 Å². The first-order valence-corrected chi connectivity index (χ1v) is 14.9. The Balaban J connectivity index is 0. The fourth-order valence-electron chi connectivity index (χ4n) is 4.44. The molecule has 184 valence electrons. The quantitative estimate of drug-likeness (QED) is 0.387. The second-order valence-electron chi connectivity index (χ2n) is 8.79. The fraction of sp³-hybridized carbons (Fsp3) is 0.600. The lowest BCUT2D eigenvalue weighted by atomic mass is 9.60. The molecule has 0 amide bonds. The maximum Gasteiger partial charge on any atom is -0.00750 e. The highest BCUT2D eigenvalue weighted by molar-refractivity contribution is 7.15. The Labute approximate surface area is 207 Å². The molecular weight excluding hydrogens is 422 g/mol. The molecular formula is C30H54P2. The van der Waals surface area contributed by atoms with Crippen LogP contribution in [0.2, 0.25) is 0 Å². The van der Waals surface area contributed by atoms with Gasteiger partial charge in [0.2, 0.25) is 0 Å². The Morgan fingerprint density at radius 1 is 0.688 bits per heavy atom. The van der Waals surface area contributed by atoms with E-state index in [4.69, 9.17) is 0 Å². The smallest absolute Gasteiger partial charge is 0.00750 e. The minimum Gasteiger partial charge on any atom is -0.141 e. The highest BCUT2D eigenvalue weighted by atomic mass is 31.0. The van der Waals surface area contributed by atoms with Crippen LogP contribution >= 0.6 is 18.5 Å².